The van der Waals surface area contributed by atoms with Crippen LogP contribution in [0.3, 0.4) is 0 Å². The van der Waals surface area contributed by atoms with E-state index in [1.54, 1.807) is 6.07 Å². The quantitative estimate of drug-likeness (QED) is 0.361. The van der Waals surface area contributed by atoms with Crippen molar-refractivity contribution >= 4 is 22.7 Å². The van der Waals surface area contributed by atoms with Crippen molar-refractivity contribution in [2.75, 3.05) is 13.2 Å². The van der Waals surface area contributed by atoms with Crippen LogP contribution in [-0.2, 0) is 14.3 Å². The molecule has 5 nitrogen and oxygen atoms in total. The van der Waals surface area contributed by atoms with Crippen molar-refractivity contribution in [2.45, 2.75) is 12.8 Å². The Balaban J connectivity index is 0.000000275. The van der Waals surface area contributed by atoms with E-state index in [1.807, 2.05) is 36.4 Å². The highest BCUT2D eigenvalue weighted by Crippen LogP contribution is 2.20. The Morgan fingerprint density at radius 3 is 2.28 bits per heavy atom. The third-order valence-corrected chi connectivity index (χ3v) is 3.07. The second kappa shape index (κ2) is 11.6. The van der Waals surface area contributed by atoms with E-state index in [0.717, 1.165) is 22.9 Å². The van der Waals surface area contributed by atoms with Gasteiger partial charge in [0.2, 0.25) is 0 Å². The topological polar surface area (TPSA) is 72.8 Å². The van der Waals surface area contributed by atoms with Gasteiger partial charge in [0.15, 0.2) is 0 Å². The summed E-state index contributed by atoms with van der Waals surface area (Å²) >= 11 is 0. The zero-order chi connectivity index (χ0) is 18.5. The minimum absolute atomic E-state index is 0.144. The Morgan fingerprint density at radius 1 is 0.960 bits per heavy atom. The predicted molar refractivity (Wildman–Crippen MR) is 97.3 cm³/mol. The number of carbonyl (C=O) groups is 2. The average Bonchev–Trinajstić information content (AvgIpc) is 2.65. The molecular weight excluding hydrogens is 320 g/mol. The normalized spacial score (nSPS) is 9.48. The molecule has 0 aliphatic carbocycles. The standard InChI is InChI=1S/C13H10O2.C7H12O3/c1-2-13(14)15-12-8-7-10-5-3-4-6-11(10)9-12;1-2-7(9)10-6-4-3-5-8/h2-9H,1H2;2,8H,1,3-6H2. The molecule has 0 unspecified atom stereocenters. The molecule has 0 aromatic heterocycles. The molecule has 0 amide bonds. The molecule has 0 saturated carbocycles. The molecule has 0 heterocycles. The zero-order valence-corrected chi connectivity index (χ0v) is 14.0. The van der Waals surface area contributed by atoms with E-state index >= 15 is 0 Å². The molecule has 2 aromatic rings. The Labute approximate surface area is 147 Å². The monoisotopic (exact) mass is 342 g/mol. The highest BCUT2D eigenvalue weighted by Gasteiger charge is 2.00. The SMILES string of the molecule is C=CC(=O)OCCCCO.C=CC(=O)Oc1ccc2ccccc2c1. The van der Waals surface area contributed by atoms with Gasteiger partial charge in [0.05, 0.1) is 6.61 Å². The lowest BCUT2D eigenvalue weighted by molar-refractivity contribution is -0.138. The summed E-state index contributed by atoms with van der Waals surface area (Å²) in [6.45, 7) is 7.09. The third-order valence-electron chi connectivity index (χ3n) is 3.07. The van der Waals surface area contributed by atoms with E-state index < -0.39 is 11.9 Å². The molecule has 0 fully saturated rings. The Kier molecular flexibility index (Phi) is 9.33. The number of benzene rings is 2. The third kappa shape index (κ3) is 7.94. The number of fused-ring (bicyclic) bond motifs is 1. The fourth-order valence-corrected chi connectivity index (χ4v) is 1.83. The van der Waals surface area contributed by atoms with Crippen LogP contribution in [0, 0.1) is 0 Å². The molecule has 2 rings (SSSR count). The van der Waals surface area contributed by atoms with E-state index in [0.29, 0.717) is 25.2 Å². The van der Waals surface area contributed by atoms with Crippen LogP contribution in [0.1, 0.15) is 12.8 Å². The lowest BCUT2D eigenvalue weighted by atomic mass is 10.1. The molecule has 0 radical (unpaired) electrons. The van der Waals surface area contributed by atoms with Crippen LogP contribution in [0.2, 0.25) is 0 Å². The summed E-state index contributed by atoms with van der Waals surface area (Å²) in [5.41, 5.74) is 0. The van der Waals surface area contributed by atoms with Crippen LogP contribution in [0.25, 0.3) is 10.8 Å². The summed E-state index contributed by atoms with van der Waals surface area (Å²) in [5, 5.41) is 10.5. The maximum absolute atomic E-state index is 11.0. The van der Waals surface area contributed by atoms with Crippen molar-refractivity contribution in [2.24, 2.45) is 0 Å². The highest BCUT2D eigenvalue weighted by atomic mass is 16.5. The smallest absolute Gasteiger partial charge is 0.335 e. The first-order valence-electron chi connectivity index (χ1n) is 7.83. The van der Waals surface area contributed by atoms with Gasteiger partial charge >= 0.3 is 11.9 Å². The largest absolute Gasteiger partial charge is 0.463 e. The van der Waals surface area contributed by atoms with Gasteiger partial charge in [0.25, 0.3) is 0 Å². The number of rotatable bonds is 7. The summed E-state index contributed by atoms with van der Waals surface area (Å²) in [7, 11) is 0. The molecule has 0 spiro atoms. The van der Waals surface area contributed by atoms with Gasteiger partial charge in [-0.3, -0.25) is 0 Å². The van der Waals surface area contributed by atoms with E-state index in [-0.39, 0.29) is 6.61 Å². The van der Waals surface area contributed by atoms with Gasteiger partial charge in [-0.2, -0.15) is 0 Å². The van der Waals surface area contributed by atoms with Gasteiger partial charge in [-0.25, -0.2) is 9.59 Å². The number of aliphatic hydroxyl groups is 1. The summed E-state index contributed by atoms with van der Waals surface area (Å²) in [5.74, 6) is -0.304. The first kappa shape index (κ1) is 20.1. The van der Waals surface area contributed by atoms with Crippen molar-refractivity contribution in [1.29, 1.82) is 0 Å². The number of esters is 2. The van der Waals surface area contributed by atoms with Crippen molar-refractivity contribution in [1.82, 2.24) is 0 Å². The number of carbonyl (C=O) groups excluding carboxylic acids is 2. The summed E-state index contributed by atoms with van der Waals surface area (Å²) in [6.07, 6.45) is 3.65. The highest BCUT2D eigenvalue weighted by molar-refractivity contribution is 5.87. The predicted octanol–water partition coefficient (Wildman–Crippen LogP) is 3.42. The fourth-order valence-electron chi connectivity index (χ4n) is 1.83. The van der Waals surface area contributed by atoms with Crippen LogP contribution >= 0.6 is 0 Å². The van der Waals surface area contributed by atoms with E-state index in [4.69, 9.17) is 9.84 Å². The molecular formula is C20H22O5. The maximum Gasteiger partial charge on any atom is 0.335 e. The molecule has 25 heavy (non-hydrogen) atoms. The summed E-state index contributed by atoms with van der Waals surface area (Å²) in [4.78, 5) is 21.3. The van der Waals surface area contributed by atoms with Crippen molar-refractivity contribution < 1.29 is 24.2 Å². The van der Waals surface area contributed by atoms with Crippen molar-refractivity contribution in [3.63, 3.8) is 0 Å². The molecule has 0 aliphatic rings. The van der Waals surface area contributed by atoms with Crippen molar-refractivity contribution in [3.8, 4) is 5.75 Å². The molecule has 0 saturated heterocycles. The Hall–Kier alpha value is -2.92. The first-order valence-corrected chi connectivity index (χ1v) is 7.83. The zero-order valence-electron chi connectivity index (χ0n) is 14.0. The van der Waals surface area contributed by atoms with Crippen molar-refractivity contribution in [3.05, 3.63) is 67.8 Å². The Bertz CT molecular complexity index is 721. The molecule has 132 valence electrons. The molecule has 0 bridgehead atoms. The number of unbranched alkanes of at least 4 members (excludes halogenated alkanes) is 1. The van der Waals surface area contributed by atoms with Gasteiger partial charge in [-0.1, -0.05) is 43.5 Å². The number of hydrogen-bond donors (Lipinski definition) is 1. The van der Waals surface area contributed by atoms with Crippen LogP contribution in [-0.4, -0.2) is 30.3 Å². The van der Waals surface area contributed by atoms with E-state index in [2.05, 4.69) is 17.9 Å². The Morgan fingerprint density at radius 2 is 1.64 bits per heavy atom. The summed E-state index contributed by atoms with van der Waals surface area (Å²) < 4.78 is 9.64. The van der Waals surface area contributed by atoms with Gasteiger partial charge in [0, 0.05) is 18.8 Å². The molecule has 1 N–H and O–H groups in total. The van der Waals surface area contributed by atoms with Crippen LogP contribution in [0.4, 0.5) is 0 Å². The van der Waals surface area contributed by atoms with E-state index in [9.17, 15) is 9.59 Å². The fraction of sp³-hybridized carbons (Fsp3) is 0.200. The van der Waals surface area contributed by atoms with Gasteiger partial charge in [-0.05, 0) is 35.7 Å². The number of aliphatic hydroxyl groups excluding tert-OH is 1. The molecule has 2 aromatic carbocycles. The number of ether oxygens (including phenoxy) is 2. The van der Waals surface area contributed by atoms with Gasteiger partial charge in [-0.15, -0.1) is 0 Å². The van der Waals surface area contributed by atoms with Gasteiger partial charge in [0.1, 0.15) is 5.75 Å². The molecule has 5 heteroatoms. The second-order valence-corrected chi connectivity index (χ2v) is 4.94. The van der Waals surface area contributed by atoms with Crippen LogP contribution in [0.15, 0.2) is 67.8 Å². The second-order valence-electron chi connectivity index (χ2n) is 4.94. The average molecular weight is 342 g/mol. The maximum atomic E-state index is 11.0. The number of hydrogen-bond acceptors (Lipinski definition) is 5. The lowest BCUT2D eigenvalue weighted by Gasteiger charge is -2.02. The molecule has 0 aliphatic heterocycles. The summed E-state index contributed by atoms with van der Waals surface area (Å²) in [6, 6.07) is 13.4. The lowest BCUT2D eigenvalue weighted by Crippen LogP contribution is -2.02. The first-order chi connectivity index (χ1) is 12.1. The van der Waals surface area contributed by atoms with Crippen LogP contribution in [0.5, 0.6) is 5.75 Å². The van der Waals surface area contributed by atoms with E-state index in [1.165, 1.54) is 0 Å². The minimum atomic E-state index is -0.440. The van der Waals surface area contributed by atoms with Crippen LogP contribution < -0.4 is 4.74 Å². The molecule has 0 atom stereocenters. The van der Waals surface area contributed by atoms with Gasteiger partial charge < -0.3 is 14.6 Å². The minimum Gasteiger partial charge on any atom is -0.463 e.